The minimum absolute atomic E-state index is 0.175. The molecule has 0 spiro atoms. The van der Waals surface area contributed by atoms with Crippen LogP contribution in [0.2, 0.25) is 0 Å². The van der Waals surface area contributed by atoms with Crippen LogP contribution >= 0.6 is 0 Å². The number of aldehydes is 1. The van der Waals surface area contributed by atoms with Gasteiger partial charge >= 0.3 is 0 Å². The maximum atomic E-state index is 12.4. The number of hydrogen-bond acceptors (Lipinski definition) is 3. The lowest BCUT2D eigenvalue weighted by molar-refractivity contribution is -0.167. The molecule has 0 aromatic heterocycles. The molecule has 0 aromatic carbocycles. The van der Waals surface area contributed by atoms with Crippen molar-refractivity contribution in [2.75, 3.05) is 0 Å². The first kappa shape index (κ1) is 15.8. The molecule has 0 aromatic rings. The van der Waals surface area contributed by atoms with Gasteiger partial charge in [-0.2, -0.15) is 0 Å². The quantitative estimate of drug-likeness (QED) is 0.754. The summed E-state index contributed by atoms with van der Waals surface area (Å²) in [5.41, 5.74) is 0.0850. The third-order valence-corrected chi connectivity index (χ3v) is 8.63. The minimum atomic E-state index is -0.279. The Morgan fingerprint density at radius 3 is 2.61 bits per heavy atom. The van der Waals surface area contributed by atoms with Crippen LogP contribution in [0.5, 0.6) is 0 Å². The molecule has 3 heteroatoms. The number of Topliss-reactive ketones (excluding diaryl/α,β-unsaturated/α-hetero) is 1. The molecule has 4 saturated carbocycles. The summed E-state index contributed by atoms with van der Waals surface area (Å²) in [5.74, 6) is 2.32. The number of rotatable bonds is 1. The van der Waals surface area contributed by atoms with Crippen molar-refractivity contribution >= 4 is 12.1 Å². The smallest absolute Gasteiger partial charge is 0.139 e. The van der Waals surface area contributed by atoms with E-state index < -0.39 is 0 Å². The highest BCUT2D eigenvalue weighted by Crippen LogP contribution is 2.65. The number of carbonyl (C=O) groups excluding carboxylic acids is 2. The Kier molecular flexibility index (Phi) is 3.54. The lowest BCUT2D eigenvalue weighted by Crippen LogP contribution is -2.58. The molecule has 0 saturated heterocycles. The predicted octanol–water partition coefficient (Wildman–Crippen LogP) is 3.38. The normalized spacial score (nSPS) is 55.7. The topological polar surface area (TPSA) is 54.4 Å². The summed E-state index contributed by atoms with van der Waals surface area (Å²) in [5, 5.41) is 11.0. The SMILES string of the molecule is CC12CCC3C(C(O)CC4CC(C=O)CCC43C)C1CCC2=O. The van der Waals surface area contributed by atoms with Crippen LogP contribution in [0, 0.1) is 40.4 Å². The minimum Gasteiger partial charge on any atom is -0.393 e. The Labute approximate surface area is 139 Å². The summed E-state index contributed by atoms with van der Waals surface area (Å²) in [6, 6.07) is 0. The van der Waals surface area contributed by atoms with Crippen LogP contribution in [-0.4, -0.2) is 23.3 Å². The van der Waals surface area contributed by atoms with Gasteiger partial charge in [0.2, 0.25) is 0 Å². The summed E-state index contributed by atoms with van der Waals surface area (Å²) in [7, 11) is 0. The van der Waals surface area contributed by atoms with Gasteiger partial charge in [0.25, 0.3) is 0 Å². The van der Waals surface area contributed by atoms with Crippen LogP contribution in [0.1, 0.15) is 65.2 Å². The van der Waals surface area contributed by atoms with E-state index in [1.54, 1.807) is 0 Å². The molecule has 4 rings (SSSR count). The molecule has 8 unspecified atom stereocenters. The first-order valence-corrected chi connectivity index (χ1v) is 9.57. The monoisotopic (exact) mass is 318 g/mol. The van der Waals surface area contributed by atoms with Gasteiger partial charge in [0, 0.05) is 17.8 Å². The Hall–Kier alpha value is -0.700. The molecule has 128 valence electrons. The van der Waals surface area contributed by atoms with Gasteiger partial charge in [-0.1, -0.05) is 13.8 Å². The van der Waals surface area contributed by atoms with E-state index in [4.69, 9.17) is 0 Å². The molecule has 4 fully saturated rings. The lowest BCUT2D eigenvalue weighted by Gasteiger charge is -2.61. The number of aliphatic hydroxyl groups is 1. The third-order valence-electron chi connectivity index (χ3n) is 8.63. The number of hydrogen-bond donors (Lipinski definition) is 1. The lowest BCUT2D eigenvalue weighted by atomic mass is 9.44. The maximum Gasteiger partial charge on any atom is 0.139 e. The van der Waals surface area contributed by atoms with E-state index in [1.807, 2.05) is 0 Å². The molecule has 8 atom stereocenters. The zero-order valence-electron chi connectivity index (χ0n) is 14.5. The molecular weight excluding hydrogens is 288 g/mol. The first-order valence-electron chi connectivity index (χ1n) is 9.57. The fourth-order valence-corrected chi connectivity index (χ4v) is 7.15. The average Bonchev–Trinajstić information content (AvgIpc) is 2.83. The fraction of sp³-hybridized carbons (Fsp3) is 0.900. The number of carbonyl (C=O) groups is 2. The van der Waals surface area contributed by atoms with Gasteiger partial charge < -0.3 is 9.90 Å². The summed E-state index contributed by atoms with van der Waals surface area (Å²) in [4.78, 5) is 23.7. The molecule has 0 aliphatic heterocycles. The Morgan fingerprint density at radius 1 is 1.09 bits per heavy atom. The summed E-state index contributed by atoms with van der Waals surface area (Å²) >= 11 is 0. The number of aliphatic hydroxyl groups excluding tert-OH is 1. The third kappa shape index (κ3) is 2.04. The van der Waals surface area contributed by atoms with Crippen molar-refractivity contribution in [1.82, 2.24) is 0 Å². The Balaban J connectivity index is 1.66. The standard InChI is InChI=1S/C20H30O3/c1-19-7-5-12(11-21)9-13(19)10-16(22)18-14-3-4-17(23)20(14,2)8-6-15(18)19/h11-16,18,22H,3-10H2,1-2H3. The van der Waals surface area contributed by atoms with E-state index in [1.165, 1.54) is 0 Å². The van der Waals surface area contributed by atoms with Gasteiger partial charge in [0.05, 0.1) is 6.10 Å². The van der Waals surface area contributed by atoms with Crippen molar-refractivity contribution in [1.29, 1.82) is 0 Å². The highest BCUT2D eigenvalue weighted by molar-refractivity contribution is 5.87. The molecule has 23 heavy (non-hydrogen) atoms. The van der Waals surface area contributed by atoms with Crippen LogP contribution in [-0.2, 0) is 9.59 Å². The van der Waals surface area contributed by atoms with E-state index in [2.05, 4.69) is 13.8 Å². The van der Waals surface area contributed by atoms with Gasteiger partial charge in [-0.25, -0.2) is 0 Å². The molecule has 0 heterocycles. The van der Waals surface area contributed by atoms with Gasteiger partial charge in [-0.15, -0.1) is 0 Å². The zero-order chi connectivity index (χ0) is 16.4. The number of ketones is 1. The Bertz CT molecular complexity index is 529. The van der Waals surface area contributed by atoms with Crippen LogP contribution in [0.4, 0.5) is 0 Å². The molecule has 4 aliphatic carbocycles. The molecule has 0 radical (unpaired) electrons. The van der Waals surface area contributed by atoms with E-state index in [0.717, 1.165) is 51.2 Å². The highest BCUT2D eigenvalue weighted by atomic mass is 16.3. The van der Waals surface area contributed by atoms with Crippen LogP contribution < -0.4 is 0 Å². The molecule has 0 amide bonds. The van der Waals surface area contributed by atoms with Crippen LogP contribution in [0.25, 0.3) is 0 Å². The van der Waals surface area contributed by atoms with Crippen LogP contribution in [0.3, 0.4) is 0 Å². The largest absolute Gasteiger partial charge is 0.393 e. The summed E-state index contributed by atoms with van der Waals surface area (Å²) < 4.78 is 0. The van der Waals surface area contributed by atoms with Gasteiger partial charge in [-0.05, 0) is 74.0 Å². The van der Waals surface area contributed by atoms with Crippen LogP contribution in [0.15, 0.2) is 0 Å². The zero-order valence-corrected chi connectivity index (χ0v) is 14.5. The van der Waals surface area contributed by atoms with Crippen molar-refractivity contribution < 1.29 is 14.7 Å². The van der Waals surface area contributed by atoms with Gasteiger partial charge in [0.1, 0.15) is 12.1 Å². The van der Waals surface area contributed by atoms with Crippen molar-refractivity contribution in [2.45, 2.75) is 71.3 Å². The number of fused-ring (bicyclic) bond motifs is 5. The van der Waals surface area contributed by atoms with Crippen molar-refractivity contribution in [3.8, 4) is 0 Å². The molecule has 3 nitrogen and oxygen atoms in total. The van der Waals surface area contributed by atoms with Crippen molar-refractivity contribution in [3.05, 3.63) is 0 Å². The second kappa shape index (κ2) is 5.15. The molecule has 0 bridgehead atoms. The Morgan fingerprint density at radius 2 is 1.87 bits per heavy atom. The van der Waals surface area contributed by atoms with E-state index in [0.29, 0.717) is 35.9 Å². The van der Waals surface area contributed by atoms with E-state index >= 15 is 0 Å². The van der Waals surface area contributed by atoms with Gasteiger partial charge in [0.15, 0.2) is 0 Å². The van der Waals surface area contributed by atoms with E-state index in [-0.39, 0.29) is 22.9 Å². The summed E-state index contributed by atoms with van der Waals surface area (Å²) in [6.45, 7) is 4.58. The van der Waals surface area contributed by atoms with Crippen molar-refractivity contribution in [2.24, 2.45) is 40.4 Å². The second-order valence-electron chi connectivity index (χ2n) is 9.38. The predicted molar refractivity (Wildman–Crippen MR) is 87.7 cm³/mol. The average molecular weight is 318 g/mol. The second-order valence-corrected chi connectivity index (χ2v) is 9.38. The maximum absolute atomic E-state index is 12.4. The van der Waals surface area contributed by atoms with E-state index in [9.17, 15) is 14.7 Å². The summed E-state index contributed by atoms with van der Waals surface area (Å²) in [6.07, 6.45) is 8.55. The molecular formula is C20H30O3. The highest BCUT2D eigenvalue weighted by Gasteiger charge is 2.62. The van der Waals surface area contributed by atoms with Gasteiger partial charge in [-0.3, -0.25) is 4.79 Å². The molecule has 1 N–H and O–H groups in total. The fourth-order valence-electron chi connectivity index (χ4n) is 7.15. The first-order chi connectivity index (χ1) is 10.9. The molecule has 4 aliphatic rings. The van der Waals surface area contributed by atoms with Crippen molar-refractivity contribution in [3.63, 3.8) is 0 Å².